The third-order valence-corrected chi connectivity index (χ3v) is 5.64. The van der Waals surface area contributed by atoms with Gasteiger partial charge in [0.15, 0.2) is 0 Å². The molecule has 0 saturated carbocycles. The van der Waals surface area contributed by atoms with Gasteiger partial charge in [0.1, 0.15) is 34.8 Å². The van der Waals surface area contributed by atoms with E-state index in [4.69, 9.17) is 15.6 Å². The van der Waals surface area contributed by atoms with E-state index < -0.39 is 0 Å². The molecule has 1 saturated heterocycles. The standard InChI is InChI=1S/C24H25N6O/c1-29-13-5-6-17(14-29)15-30-24-21(23(25)26-16-27-24)22(28-30)18-9-11-20(12-10-18)31-19-7-3-2-4-8-19/h2-4,7-12,15-17H,5-6,13-14H2,1H3,(H2,25,26,27)/q+1/b30-15+. The minimum absolute atomic E-state index is 0.424. The Morgan fingerprint density at radius 1 is 1.06 bits per heavy atom. The number of piperidine rings is 1. The number of fused-ring (bicyclic) bond motifs is 1. The van der Waals surface area contributed by atoms with Gasteiger partial charge in [-0.1, -0.05) is 23.3 Å². The van der Waals surface area contributed by atoms with Crippen molar-refractivity contribution in [3.8, 4) is 11.5 Å². The molecule has 3 aromatic rings. The van der Waals surface area contributed by atoms with Crippen LogP contribution in [0.4, 0.5) is 11.6 Å². The second-order valence-corrected chi connectivity index (χ2v) is 8.00. The summed E-state index contributed by atoms with van der Waals surface area (Å²) in [4.78, 5) is 11.0. The second kappa shape index (κ2) is 8.28. The largest absolute Gasteiger partial charge is 0.457 e. The van der Waals surface area contributed by atoms with E-state index in [9.17, 15) is 0 Å². The van der Waals surface area contributed by atoms with E-state index in [1.165, 1.54) is 12.7 Å². The monoisotopic (exact) mass is 413 g/mol. The first kappa shape index (κ1) is 19.4. The first-order chi connectivity index (χ1) is 15.2. The van der Waals surface area contributed by atoms with Crippen LogP contribution >= 0.6 is 0 Å². The van der Waals surface area contributed by atoms with E-state index in [0.717, 1.165) is 53.7 Å². The van der Waals surface area contributed by atoms with Crippen molar-refractivity contribution in [3.63, 3.8) is 0 Å². The topological polar surface area (TPSA) is 79.6 Å². The molecule has 7 heteroatoms. The molecule has 3 heterocycles. The molecule has 2 aromatic carbocycles. The Morgan fingerprint density at radius 2 is 1.84 bits per heavy atom. The maximum Gasteiger partial charge on any atom is 0.363 e. The summed E-state index contributed by atoms with van der Waals surface area (Å²) in [5.41, 5.74) is 8.74. The van der Waals surface area contributed by atoms with Crippen LogP contribution in [0.15, 0.2) is 66.0 Å². The number of hydrogen-bond donors (Lipinski definition) is 1. The molecule has 0 spiro atoms. The fraction of sp³-hybridized carbons (Fsp3) is 0.250. The fourth-order valence-corrected chi connectivity index (χ4v) is 4.13. The quantitative estimate of drug-likeness (QED) is 0.660. The lowest BCUT2D eigenvalue weighted by Gasteiger charge is -2.26. The number of benzene rings is 2. The van der Waals surface area contributed by atoms with Crippen LogP contribution in [0.1, 0.15) is 24.0 Å². The molecule has 5 rings (SSSR count). The van der Waals surface area contributed by atoms with Gasteiger partial charge in [0.05, 0.1) is 0 Å². The summed E-state index contributed by atoms with van der Waals surface area (Å²) in [6.07, 6.45) is 5.99. The number of hydrogen-bond acceptors (Lipinski definition) is 6. The molecular formula is C24H25N6O+. The molecular weight excluding hydrogens is 388 g/mol. The van der Waals surface area contributed by atoms with Gasteiger partial charge in [-0.05, 0) is 67.8 Å². The molecule has 156 valence electrons. The van der Waals surface area contributed by atoms with Crippen LogP contribution in [0, 0.1) is 5.92 Å². The van der Waals surface area contributed by atoms with Crippen molar-refractivity contribution in [1.29, 1.82) is 0 Å². The van der Waals surface area contributed by atoms with Crippen LogP contribution < -0.4 is 10.5 Å². The molecule has 2 aliphatic rings. The Hall–Kier alpha value is -3.58. The zero-order chi connectivity index (χ0) is 21.2. The Bertz CT molecular complexity index is 1140. The van der Waals surface area contributed by atoms with Gasteiger partial charge < -0.3 is 15.4 Å². The van der Waals surface area contributed by atoms with E-state index in [-0.39, 0.29) is 0 Å². The maximum atomic E-state index is 6.24. The highest BCUT2D eigenvalue weighted by molar-refractivity contribution is 6.18. The summed E-state index contributed by atoms with van der Waals surface area (Å²) >= 11 is 0. The lowest BCUT2D eigenvalue weighted by atomic mass is 10.00. The highest BCUT2D eigenvalue weighted by Gasteiger charge is 2.34. The van der Waals surface area contributed by atoms with Gasteiger partial charge in [-0.3, -0.25) is 0 Å². The van der Waals surface area contributed by atoms with E-state index in [1.807, 2.05) is 59.3 Å². The molecule has 0 amide bonds. The Balaban J connectivity index is 1.46. The number of likely N-dealkylation sites (tertiary alicyclic amines) is 1. The summed E-state index contributed by atoms with van der Waals surface area (Å²) < 4.78 is 7.79. The van der Waals surface area contributed by atoms with Crippen molar-refractivity contribution >= 4 is 23.6 Å². The third-order valence-electron chi connectivity index (χ3n) is 5.64. The lowest BCUT2D eigenvalue weighted by molar-refractivity contribution is -0.442. The average Bonchev–Trinajstić information content (AvgIpc) is 3.15. The van der Waals surface area contributed by atoms with Crippen molar-refractivity contribution in [1.82, 2.24) is 14.9 Å². The Kier molecular flexibility index (Phi) is 5.18. The number of aromatic nitrogens is 2. The van der Waals surface area contributed by atoms with Gasteiger partial charge >= 0.3 is 5.82 Å². The van der Waals surface area contributed by atoms with Crippen molar-refractivity contribution in [3.05, 3.63) is 72.1 Å². The van der Waals surface area contributed by atoms with E-state index in [0.29, 0.717) is 11.7 Å². The smallest absolute Gasteiger partial charge is 0.363 e. The lowest BCUT2D eigenvalue weighted by Crippen LogP contribution is -2.33. The predicted molar refractivity (Wildman–Crippen MR) is 121 cm³/mol. The van der Waals surface area contributed by atoms with Gasteiger partial charge in [-0.2, -0.15) is 4.98 Å². The number of nitrogens with zero attached hydrogens (tertiary/aromatic N) is 5. The molecule has 7 nitrogen and oxygen atoms in total. The number of para-hydroxylation sites is 1. The van der Waals surface area contributed by atoms with E-state index >= 15 is 0 Å². The fourth-order valence-electron chi connectivity index (χ4n) is 4.13. The molecule has 31 heavy (non-hydrogen) atoms. The van der Waals surface area contributed by atoms with Crippen molar-refractivity contribution < 1.29 is 9.42 Å². The average molecular weight is 414 g/mol. The first-order valence-corrected chi connectivity index (χ1v) is 10.5. The zero-order valence-electron chi connectivity index (χ0n) is 17.5. The number of nitrogen functional groups attached to an aromatic ring is 1. The first-order valence-electron chi connectivity index (χ1n) is 10.5. The van der Waals surface area contributed by atoms with Crippen LogP contribution in [-0.4, -0.2) is 51.6 Å². The number of rotatable bonds is 4. The SMILES string of the molecule is CN1CCCC(/C=[N+]2/N=C(c3ccc(Oc4ccccc4)cc3)c3c(N)ncnc32)C1. The van der Waals surface area contributed by atoms with Crippen LogP contribution in [0.25, 0.3) is 0 Å². The minimum Gasteiger partial charge on any atom is -0.457 e. The molecule has 1 unspecified atom stereocenters. The van der Waals surface area contributed by atoms with Gasteiger partial charge in [0.25, 0.3) is 0 Å². The molecule has 1 fully saturated rings. The molecule has 1 aromatic heterocycles. The number of hydrazone groups is 1. The van der Waals surface area contributed by atoms with E-state index in [1.54, 1.807) is 0 Å². The summed E-state index contributed by atoms with van der Waals surface area (Å²) in [7, 11) is 2.16. The van der Waals surface area contributed by atoms with Gasteiger partial charge in [-0.25, -0.2) is 0 Å². The van der Waals surface area contributed by atoms with Crippen LogP contribution in [0.5, 0.6) is 11.5 Å². The summed E-state index contributed by atoms with van der Waals surface area (Å²) in [6.45, 7) is 2.16. The van der Waals surface area contributed by atoms with Crippen LogP contribution in [0.3, 0.4) is 0 Å². The summed E-state index contributed by atoms with van der Waals surface area (Å²) in [6, 6.07) is 17.6. The van der Waals surface area contributed by atoms with Crippen LogP contribution in [0.2, 0.25) is 0 Å². The van der Waals surface area contributed by atoms with Crippen LogP contribution in [-0.2, 0) is 0 Å². The van der Waals surface area contributed by atoms with Gasteiger partial charge in [0.2, 0.25) is 6.33 Å². The molecule has 2 N–H and O–H groups in total. The minimum atomic E-state index is 0.424. The van der Waals surface area contributed by atoms with E-state index in [2.05, 4.69) is 28.1 Å². The van der Waals surface area contributed by atoms with Gasteiger partial charge in [0, 0.05) is 18.0 Å². The highest BCUT2D eigenvalue weighted by Crippen LogP contribution is 2.31. The molecule has 2 aliphatic heterocycles. The molecule has 0 bridgehead atoms. The zero-order valence-corrected chi connectivity index (χ0v) is 17.5. The predicted octanol–water partition coefficient (Wildman–Crippen LogP) is 3.67. The summed E-state index contributed by atoms with van der Waals surface area (Å²) in [5.74, 6) is 3.16. The normalized spacial score (nSPS) is 19.8. The van der Waals surface area contributed by atoms with Crippen molar-refractivity contribution in [2.75, 3.05) is 25.9 Å². The van der Waals surface area contributed by atoms with Gasteiger partial charge in [-0.15, -0.1) is 4.68 Å². The maximum absolute atomic E-state index is 6.24. The number of ether oxygens (including phenoxy) is 1. The summed E-state index contributed by atoms with van der Waals surface area (Å²) in [5, 5.41) is 4.87. The number of nitrogens with two attached hydrogens (primary N) is 1. The molecule has 1 atom stereocenters. The van der Waals surface area contributed by atoms with Crippen molar-refractivity contribution in [2.45, 2.75) is 12.8 Å². The third kappa shape index (κ3) is 4.04. The highest BCUT2D eigenvalue weighted by atomic mass is 16.5. The number of anilines is 1. The second-order valence-electron chi connectivity index (χ2n) is 8.00. The molecule has 0 radical (unpaired) electrons. The Labute approximate surface area is 181 Å². The van der Waals surface area contributed by atoms with Crippen molar-refractivity contribution in [2.24, 2.45) is 11.0 Å². The Morgan fingerprint density at radius 3 is 2.61 bits per heavy atom. The molecule has 0 aliphatic carbocycles.